The minimum atomic E-state index is 0.0842. The van der Waals surface area contributed by atoms with Gasteiger partial charge in [0.15, 0.2) is 0 Å². The zero-order valence-corrected chi connectivity index (χ0v) is 15.8. The van der Waals surface area contributed by atoms with Crippen LogP contribution in [0.15, 0.2) is 41.8 Å². The fraction of sp³-hybridized carbons (Fsp3) is 0.550. The Kier molecular flexibility index (Phi) is 6.96. The number of thioether (sulfide) groups is 1. The number of para-hydroxylation sites is 1. The quantitative estimate of drug-likeness (QED) is 0.597. The van der Waals surface area contributed by atoms with Crippen molar-refractivity contribution in [2.24, 2.45) is 0 Å². The smallest absolute Gasteiger partial charge is 0.238 e. The number of nitrogens with one attached hydrogen (secondary N) is 1. The predicted molar refractivity (Wildman–Crippen MR) is 106 cm³/mol. The van der Waals surface area contributed by atoms with Gasteiger partial charge >= 0.3 is 0 Å². The van der Waals surface area contributed by atoms with Crippen molar-refractivity contribution >= 4 is 23.4 Å². The first kappa shape index (κ1) is 18.5. The van der Waals surface area contributed by atoms with Crippen LogP contribution in [-0.2, 0) is 4.79 Å². The number of piperazine rings is 1. The maximum absolute atomic E-state index is 12.4. The number of amides is 1. The number of benzene rings is 1. The van der Waals surface area contributed by atoms with E-state index in [9.17, 15) is 4.79 Å². The Bertz CT molecular complexity index is 578. The fourth-order valence-corrected chi connectivity index (χ4v) is 4.54. The fourth-order valence-electron chi connectivity index (χ4n) is 3.79. The summed E-state index contributed by atoms with van der Waals surface area (Å²) in [6, 6.07) is 8.78. The van der Waals surface area contributed by atoms with E-state index < -0.39 is 0 Å². The summed E-state index contributed by atoms with van der Waals surface area (Å²) in [6.45, 7) is 8.44. The molecule has 0 unspecified atom stereocenters. The van der Waals surface area contributed by atoms with Crippen LogP contribution in [0, 0.1) is 0 Å². The monoisotopic (exact) mass is 359 g/mol. The van der Waals surface area contributed by atoms with Crippen LogP contribution in [0.25, 0.3) is 0 Å². The molecule has 1 aliphatic heterocycles. The van der Waals surface area contributed by atoms with Crippen molar-refractivity contribution in [3.05, 3.63) is 36.9 Å². The molecule has 0 atom stereocenters. The van der Waals surface area contributed by atoms with Crippen LogP contribution in [0.4, 0.5) is 5.69 Å². The largest absolute Gasteiger partial charge is 0.324 e. The van der Waals surface area contributed by atoms with Gasteiger partial charge in [-0.2, -0.15) is 0 Å². The van der Waals surface area contributed by atoms with Crippen molar-refractivity contribution in [3.63, 3.8) is 0 Å². The lowest BCUT2D eigenvalue weighted by atomic mass is 10.2. The Morgan fingerprint density at radius 1 is 1.20 bits per heavy atom. The SMILES string of the molecule is C=CCSc1ccccc1NC(=O)CN1CCN(C2CCCC2)CC1. The molecule has 2 fully saturated rings. The number of carbonyl (C=O) groups excluding carboxylic acids is 1. The first-order chi connectivity index (χ1) is 12.3. The van der Waals surface area contributed by atoms with E-state index in [0.29, 0.717) is 6.54 Å². The average molecular weight is 360 g/mol. The second kappa shape index (κ2) is 9.41. The number of rotatable bonds is 7. The van der Waals surface area contributed by atoms with E-state index in [2.05, 4.69) is 21.7 Å². The summed E-state index contributed by atoms with van der Waals surface area (Å²) in [5, 5.41) is 3.08. The summed E-state index contributed by atoms with van der Waals surface area (Å²) in [6.07, 6.45) is 7.37. The molecule has 5 heteroatoms. The second-order valence-corrected chi connectivity index (χ2v) is 7.96. The third-order valence-corrected chi connectivity index (χ3v) is 6.20. The first-order valence-electron chi connectivity index (χ1n) is 9.35. The molecule has 3 rings (SSSR count). The molecule has 1 aromatic carbocycles. The van der Waals surface area contributed by atoms with Crippen LogP contribution in [0.3, 0.4) is 0 Å². The van der Waals surface area contributed by atoms with E-state index in [1.54, 1.807) is 11.8 Å². The summed E-state index contributed by atoms with van der Waals surface area (Å²) >= 11 is 1.70. The van der Waals surface area contributed by atoms with Crippen LogP contribution in [0.2, 0.25) is 0 Å². The van der Waals surface area contributed by atoms with Gasteiger partial charge in [-0.25, -0.2) is 0 Å². The summed E-state index contributed by atoms with van der Waals surface area (Å²) in [5.41, 5.74) is 0.906. The van der Waals surface area contributed by atoms with Crippen molar-refractivity contribution in [1.82, 2.24) is 9.80 Å². The molecular weight excluding hydrogens is 330 g/mol. The minimum Gasteiger partial charge on any atom is -0.324 e. The van der Waals surface area contributed by atoms with Gasteiger partial charge in [-0.05, 0) is 25.0 Å². The summed E-state index contributed by atoms with van der Waals surface area (Å²) in [4.78, 5) is 18.5. The third-order valence-electron chi connectivity index (χ3n) is 5.13. The Balaban J connectivity index is 1.46. The number of nitrogens with zero attached hydrogens (tertiary/aromatic N) is 2. The van der Waals surface area contributed by atoms with Crippen LogP contribution in [0.5, 0.6) is 0 Å². The normalized spacial score (nSPS) is 19.8. The number of carbonyl (C=O) groups is 1. The number of anilines is 1. The highest BCUT2D eigenvalue weighted by Gasteiger charge is 2.26. The van der Waals surface area contributed by atoms with Crippen molar-refractivity contribution in [1.29, 1.82) is 0 Å². The molecule has 1 aromatic rings. The predicted octanol–water partition coefficient (Wildman–Crippen LogP) is 3.46. The molecule has 1 N–H and O–H groups in total. The van der Waals surface area contributed by atoms with E-state index in [-0.39, 0.29) is 5.91 Å². The second-order valence-electron chi connectivity index (χ2n) is 6.89. The molecular formula is C20H29N3OS. The van der Waals surface area contributed by atoms with Crippen molar-refractivity contribution in [2.75, 3.05) is 43.8 Å². The van der Waals surface area contributed by atoms with E-state index in [0.717, 1.165) is 48.6 Å². The minimum absolute atomic E-state index is 0.0842. The van der Waals surface area contributed by atoms with Gasteiger partial charge in [-0.15, -0.1) is 18.3 Å². The van der Waals surface area contributed by atoms with Crippen LogP contribution >= 0.6 is 11.8 Å². The number of hydrogen-bond acceptors (Lipinski definition) is 4. The number of hydrogen-bond donors (Lipinski definition) is 1. The van der Waals surface area contributed by atoms with Gasteiger partial charge in [-0.3, -0.25) is 14.6 Å². The van der Waals surface area contributed by atoms with E-state index >= 15 is 0 Å². The molecule has 1 heterocycles. The molecule has 1 amide bonds. The van der Waals surface area contributed by atoms with Gasteiger partial charge in [0.05, 0.1) is 12.2 Å². The maximum Gasteiger partial charge on any atom is 0.238 e. The van der Waals surface area contributed by atoms with Gasteiger partial charge in [0.2, 0.25) is 5.91 Å². The van der Waals surface area contributed by atoms with E-state index in [4.69, 9.17) is 0 Å². The molecule has 0 bridgehead atoms. The first-order valence-corrected chi connectivity index (χ1v) is 10.3. The molecule has 1 saturated heterocycles. The highest BCUT2D eigenvalue weighted by molar-refractivity contribution is 7.99. The molecule has 4 nitrogen and oxygen atoms in total. The molecule has 25 heavy (non-hydrogen) atoms. The zero-order chi connectivity index (χ0) is 17.5. The standard InChI is InChI=1S/C20H29N3OS/c1-2-15-25-19-10-6-5-9-18(19)21-20(24)16-22-11-13-23(14-12-22)17-7-3-4-8-17/h2,5-6,9-10,17H,1,3-4,7-8,11-16H2,(H,21,24). The van der Waals surface area contributed by atoms with Gasteiger partial charge in [0.25, 0.3) is 0 Å². The summed E-state index contributed by atoms with van der Waals surface area (Å²) in [7, 11) is 0. The molecule has 0 radical (unpaired) electrons. The van der Waals surface area contributed by atoms with Gasteiger partial charge in [0, 0.05) is 42.9 Å². The van der Waals surface area contributed by atoms with Crippen LogP contribution in [0.1, 0.15) is 25.7 Å². The van der Waals surface area contributed by atoms with Crippen LogP contribution < -0.4 is 5.32 Å². The van der Waals surface area contributed by atoms with E-state index in [1.807, 2.05) is 30.3 Å². The Hall–Kier alpha value is -1.30. The lowest BCUT2D eigenvalue weighted by Gasteiger charge is -2.37. The Labute approximate surface area is 155 Å². The topological polar surface area (TPSA) is 35.6 Å². The maximum atomic E-state index is 12.4. The van der Waals surface area contributed by atoms with Crippen molar-refractivity contribution in [3.8, 4) is 0 Å². The average Bonchev–Trinajstić information content (AvgIpc) is 3.16. The summed E-state index contributed by atoms with van der Waals surface area (Å²) in [5.74, 6) is 0.927. The molecule has 1 aliphatic carbocycles. The van der Waals surface area contributed by atoms with E-state index in [1.165, 1.54) is 25.7 Å². The lowest BCUT2D eigenvalue weighted by molar-refractivity contribution is -0.117. The molecule has 0 spiro atoms. The van der Waals surface area contributed by atoms with Gasteiger partial charge in [0.1, 0.15) is 0 Å². The molecule has 1 saturated carbocycles. The third kappa shape index (κ3) is 5.33. The molecule has 136 valence electrons. The lowest BCUT2D eigenvalue weighted by Crippen LogP contribution is -2.51. The highest BCUT2D eigenvalue weighted by Crippen LogP contribution is 2.27. The zero-order valence-electron chi connectivity index (χ0n) is 15.0. The molecule has 2 aliphatic rings. The highest BCUT2D eigenvalue weighted by atomic mass is 32.2. The van der Waals surface area contributed by atoms with Gasteiger partial charge < -0.3 is 5.32 Å². The summed E-state index contributed by atoms with van der Waals surface area (Å²) < 4.78 is 0. The Morgan fingerprint density at radius 2 is 1.92 bits per heavy atom. The van der Waals surface area contributed by atoms with Crippen molar-refractivity contribution < 1.29 is 4.79 Å². The molecule has 0 aromatic heterocycles. The Morgan fingerprint density at radius 3 is 2.64 bits per heavy atom. The van der Waals surface area contributed by atoms with Crippen LogP contribution in [-0.4, -0.2) is 60.2 Å². The van der Waals surface area contributed by atoms with Gasteiger partial charge in [-0.1, -0.05) is 31.1 Å². The van der Waals surface area contributed by atoms with Crippen molar-refractivity contribution in [2.45, 2.75) is 36.6 Å².